The molecule has 0 aliphatic carbocycles. The summed E-state index contributed by atoms with van der Waals surface area (Å²) < 4.78 is 16.3. The summed E-state index contributed by atoms with van der Waals surface area (Å²) >= 11 is 0. The van der Waals surface area contributed by atoms with Crippen molar-refractivity contribution < 1.29 is 28.9 Å². The highest BCUT2D eigenvalue weighted by Crippen LogP contribution is 2.05. The Hall–Kier alpha value is -1.14. The van der Waals surface area contributed by atoms with Gasteiger partial charge in [0.1, 0.15) is 6.61 Å². The van der Waals surface area contributed by atoms with Gasteiger partial charge in [0.05, 0.1) is 0 Å². The highest BCUT2D eigenvalue weighted by molar-refractivity contribution is 5.69. The van der Waals surface area contributed by atoms with Crippen molar-refractivity contribution in [3.05, 3.63) is 0 Å². The number of esters is 1. The van der Waals surface area contributed by atoms with E-state index < -0.39 is 12.3 Å². The summed E-state index contributed by atoms with van der Waals surface area (Å²) in [7, 11) is 0. The standard InChI is InChI=1S/C16H30O6/c1-3-5-11-20-16(21-12-6-4-2)13-22-15(19)10-8-7-9-14(17)18/h16H,3-13H2,1-2H3,(H,17,18). The lowest BCUT2D eigenvalue weighted by Crippen LogP contribution is -2.26. The second kappa shape index (κ2) is 14.8. The molecule has 130 valence electrons. The molecule has 0 bridgehead atoms. The predicted octanol–water partition coefficient (Wildman–Crippen LogP) is 3.13. The minimum atomic E-state index is -0.845. The number of hydrogen-bond donors (Lipinski definition) is 1. The van der Waals surface area contributed by atoms with E-state index in [2.05, 4.69) is 13.8 Å². The first kappa shape index (κ1) is 20.9. The lowest BCUT2D eigenvalue weighted by atomic mass is 10.2. The number of carbonyl (C=O) groups is 2. The third kappa shape index (κ3) is 13.8. The monoisotopic (exact) mass is 318 g/mol. The van der Waals surface area contributed by atoms with Crippen molar-refractivity contribution >= 4 is 11.9 Å². The molecule has 6 nitrogen and oxygen atoms in total. The van der Waals surface area contributed by atoms with Gasteiger partial charge in [0.15, 0.2) is 6.29 Å². The second-order valence-electron chi connectivity index (χ2n) is 5.16. The minimum Gasteiger partial charge on any atom is -0.481 e. The molecule has 0 heterocycles. The van der Waals surface area contributed by atoms with E-state index in [1.165, 1.54) is 0 Å². The van der Waals surface area contributed by atoms with E-state index in [9.17, 15) is 9.59 Å². The van der Waals surface area contributed by atoms with E-state index in [-0.39, 0.29) is 25.4 Å². The van der Waals surface area contributed by atoms with Gasteiger partial charge >= 0.3 is 11.9 Å². The molecule has 0 rings (SSSR count). The zero-order chi connectivity index (χ0) is 16.6. The highest BCUT2D eigenvalue weighted by Gasteiger charge is 2.13. The lowest BCUT2D eigenvalue weighted by molar-refractivity contribution is -0.183. The first-order valence-electron chi connectivity index (χ1n) is 8.20. The summed E-state index contributed by atoms with van der Waals surface area (Å²) in [6, 6.07) is 0. The van der Waals surface area contributed by atoms with Gasteiger partial charge in [-0.2, -0.15) is 0 Å². The van der Waals surface area contributed by atoms with E-state index in [0.29, 0.717) is 26.1 Å². The SMILES string of the molecule is CCCCOC(COC(=O)CCCCC(=O)O)OCCCC. The zero-order valence-electron chi connectivity index (χ0n) is 13.8. The molecule has 0 aromatic heterocycles. The van der Waals surface area contributed by atoms with Crippen LogP contribution in [-0.2, 0) is 23.8 Å². The topological polar surface area (TPSA) is 82.1 Å². The van der Waals surface area contributed by atoms with Gasteiger partial charge in [0.25, 0.3) is 0 Å². The third-order valence-corrected chi connectivity index (χ3v) is 3.01. The maximum absolute atomic E-state index is 11.6. The largest absolute Gasteiger partial charge is 0.481 e. The first-order valence-corrected chi connectivity index (χ1v) is 8.20. The van der Waals surface area contributed by atoms with Crippen molar-refractivity contribution in [1.82, 2.24) is 0 Å². The van der Waals surface area contributed by atoms with Crippen molar-refractivity contribution in [2.45, 2.75) is 71.5 Å². The van der Waals surface area contributed by atoms with Crippen molar-refractivity contribution in [1.29, 1.82) is 0 Å². The Bertz CT molecular complexity index is 282. The molecule has 0 aromatic rings. The van der Waals surface area contributed by atoms with Crippen LogP contribution in [0.25, 0.3) is 0 Å². The Morgan fingerprint density at radius 3 is 1.95 bits per heavy atom. The summed E-state index contributed by atoms with van der Waals surface area (Å²) in [5.41, 5.74) is 0. The van der Waals surface area contributed by atoms with Crippen LogP contribution < -0.4 is 0 Å². The Morgan fingerprint density at radius 1 is 0.909 bits per heavy atom. The first-order chi connectivity index (χ1) is 10.6. The Labute approximate surface area is 133 Å². The van der Waals surface area contributed by atoms with Crippen LogP contribution in [0.3, 0.4) is 0 Å². The van der Waals surface area contributed by atoms with Crippen molar-refractivity contribution in [2.24, 2.45) is 0 Å². The van der Waals surface area contributed by atoms with Gasteiger partial charge in [-0.1, -0.05) is 26.7 Å². The molecule has 1 N–H and O–H groups in total. The fraction of sp³-hybridized carbons (Fsp3) is 0.875. The van der Waals surface area contributed by atoms with E-state index in [4.69, 9.17) is 19.3 Å². The van der Waals surface area contributed by atoms with E-state index in [1.807, 2.05) is 0 Å². The molecule has 22 heavy (non-hydrogen) atoms. The fourth-order valence-electron chi connectivity index (χ4n) is 1.64. The molecule has 0 unspecified atom stereocenters. The zero-order valence-corrected chi connectivity index (χ0v) is 13.8. The van der Waals surface area contributed by atoms with Gasteiger partial charge in [-0.15, -0.1) is 0 Å². The van der Waals surface area contributed by atoms with Crippen LogP contribution in [0.2, 0.25) is 0 Å². The quantitative estimate of drug-likeness (QED) is 0.284. The molecule has 0 aromatic carbocycles. The second-order valence-corrected chi connectivity index (χ2v) is 5.16. The van der Waals surface area contributed by atoms with Gasteiger partial charge in [0.2, 0.25) is 0 Å². The van der Waals surface area contributed by atoms with Crippen LogP contribution in [0, 0.1) is 0 Å². The number of aliphatic carboxylic acids is 1. The molecule has 0 amide bonds. The predicted molar refractivity (Wildman–Crippen MR) is 82.6 cm³/mol. The van der Waals surface area contributed by atoms with Crippen LogP contribution in [0.4, 0.5) is 0 Å². The molecule has 0 fully saturated rings. The molecule has 0 saturated heterocycles. The van der Waals surface area contributed by atoms with Crippen molar-refractivity contribution in [2.75, 3.05) is 19.8 Å². The number of carboxylic acid groups (broad SMARTS) is 1. The fourth-order valence-corrected chi connectivity index (χ4v) is 1.64. The molecule has 0 aliphatic heterocycles. The van der Waals surface area contributed by atoms with Crippen LogP contribution in [0.15, 0.2) is 0 Å². The molecular formula is C16H30O6. The summed E-state index contributed by atoms with van der Waals surface area (Å²) in [5.74, 6) is -1.18. The number of hydrogen-bond acceptors (Lipinski definition) is 5. The van der Waals surface area contributed by atoms with Gasteiger partial charge in [0, 0.05) is 26.1 Å². The average Bonchev–Trinajstić information content (AvgIpc) is 2.49. The lowest BCUT2D eigenvalue weighted by Gasteiger charge is -2.18. The Balaban J connectivity index is 3.86. The summed E-state index contributed by atoms with van der Waals surface area (Å²) in [6.07, 6.45) is 4.74. The molecule has 6 heteroatoms. The van der Waals surface area contributed by atoms with Crippen LogP contribution in [0.5, 0.6) is 0 Å². The molecule has 0 spiro atoms. The number of carboxylic acids is 1. The van der Waals surface area contributed by atoms with Crippen LogP contribution in [0.1, 0.15) is 65.2 Å². The van der Waals surface area contributed by atoms with Crippen molar-refractivity contribution in [3.8, 4) is 0 Å². The van der Waals surface area contributed by atoms with Crippen LogP contribution in [-0.4, -0.2) is 43.2 Å². The smallest absolute Gasteiger partial charge is 0.305 e. The van der Waals surface area contributed by atoms with Gasteiger partial charge in [-0.3, -0.25) is 9.59 Å². The minimum absolute atomic E-state index is 0.0795. The number of carbonyl (C=O) groups excluding carboxylic acids is 1. The summed E-state index contributed by atoms with van der Waals surface area (Å²) in [6.45, 7) is 5.42. The van der Waals surface area contributed by atoms with E-state index >= 15 is 0 Å². The number of rotatable bonds is 15. The highest BCUT2D eigenvalue weighted by atomic mass is 16.7. The van der Waals surface area contributed by atoms with E-state index in [0.717, 1.165) is 25.7 Å². The maximum atomic E-state index is 11.6. The Kier molecular flexibility index (Phi) is 14.0. The van der Waals surface area contributed by atoms with Crippen LogP contribution >= 0.6 is 0 Å². The van der Waals surface area contributed by atoms with Gasteiger partial charge < -0.3 is 19.3 Å². The summed E-state index contributed by atoms with van der Waals surface area (Å²) in [4.78, 5) is 21.9. The van der Waals surface area contributed by atoms with E-state index in [1.54, 1.807) is 0 Å². The molecule has 0 saturated carbocycles. The molecule has 0 atom stereocenters. The maximum Gasteiger partial charge on any atom is 0.305 e. The summed E-state index contributed by atoms with van der Waals surface area (Å²) in [5, 5.41) is 8.51. The number of ether oxygens (including phenoxy) is 3. The molecule has 0 aliphatic rings. The molecule has 0 radical (unpaired) electrons. The number of unbranched alkanes of at least 4 members (excludes halogenated alkanes) is 3. The third-order valence-electron chi connectivity index (χ3n) is 3.01. The van der Waals surface area contributed by atoms with Gasteiger partial charge in [-0.25, -0.2) is 0 Å². The normalized spacial score (nSPS) is 10.9. The Morgan fingerprint density at radius 2 is 1.45 bits per heavy atom. The average molecular weight is 318 g/mol. The van der Waals surface area contributed by atoms with Crippen molar-refractivity contribution in [3.63, 3.8) is 0 Å². The van der Waals surface area contributed by atoms with Gasteiger partial charge in [-0.05, 0) is 25.7 Å². The molecular weight excluding hydrogens is 288 g/mol.